The van der Waals surface area contributed by atoms with Crippen LogP contribution in [0.3, 0.4) is 0 Å². The SMILES string of the molecule is CCc1ccc(/C=C/C(=O)NCCC(c2ccccc2)c2ccccc2)cc1. The van der Waals surface area contributed by atoms with Gasteiger partial charge in [-0.05, 0) is 41.2 Å². The number of nitrogens with one attached hydrogen (secondary N) is 1. The minimum atomic E-state index is -0.0561. The van der Waals surface area contributed by atoms with Crippen molar-refractivity contribution in [2.24, 2.45) is 0 Å². The van der Waals surface area contributed by atoms with Gasteiger partial charge in [0.05, 0.1) is 0 Å². The van der Waals surface area contributed by atoms with Crippen LogP contribution in [0.4, 0.5) is 0 Å². The fourth-order valence-electron chi connectivity index (χ4n) is 3.33. The molecule has 0 aliphatic heterocycles. The summed E-state index contributed by atoms with van der Waals surface area (Å²) in [4.78, 5) is 12.2. The lowest BCUT2D eigenvalue weighted by atomic mass is 9.88. The first-order valence-corrected chi connectivity index (χ1v) is 9.91. The summed E-state index contributed by atoms with van der Waals surface area (Å²) in [6, 6.07) is 29.2. The molecule has 28 heavy (non-hydrogen) atoms. The number of hydrogen-bond acceptors (Lipinski definition) is 1. The van der Waals surface area contributed by atoms with E-state index in [1.807, 2.05) is 30.3 Å². The van der Waals surface area contributed by atoms with Gasteiger partial charge in [-0.2, -0.15) is 0 Å². The lowest BCUT2D eigenvalue weighted by molar-refractivity contribution is -0.116. The minimum Gasteiger partial charge on any atom is -0.353 e. The average Bonchev–Trinajstić information content (AvgIpc) is 2.77. The first-order valence-electron chi connectivity index (χ1n) is 9.91. The van der Waals surface area contributed by atoms with Crippen LogP contribution in [-0.2, 0) is 11.2 Å². The predicted molar refractivity (Wildman–Crippen MR) is 117 cm³/mol. The van der Waals surface area contributed by atoms with Gasteiger partial charge in [0, 0.05) is 18.5 Å². The molecule has 3 aromatic carbocycles. The zero-order valence-electron chi connectivity index (χ0n) is 16.3. The molecule has 0 saturated carbocycles. The van der Waals surface area contributed by atoms with E-state index in [9.17, 15) is 4.79 Å². The summed E-state index contributed by atoms with van der Waals surface area (Å²) in [5.41, 5.74) is 4.89. The predicted octanol–water partition coefficient (Wildman–Crippen LogP) is 5.60. The summed E-state index contributed by atoms with van der Waals surface area (Å²) in [5, 5.41) is 3.02. The molecule has 0 aliphatic rings. The molecule has 3 rings (SSSR count). The molecule has 0 saturated heterocycles. The highest BCUT2D eigenvalue weighted by Gasteiger charge is 2.13. The Kier molecular flexibility index (Phi) is 7.20. The van der Waals surface area contributed by atoms with Crippen LogP contribution in [0.5, 0.6) is 0 Å². The molecular formula is C26H27NO. The number of aryl methyl sites for hydroxylation is 1. The quantitative estimate of drug-likeness (QED) is 0.515. The van der Waals surface area contributed by atoms with E-state index in [4.69, 9.17) is 0 Å². The van der Waals surface area contributed by atoms with Crippen molar-refractivity contribution < 1.29 is 4.79 Å². The minimum absolute atomic E-state index is 0.0561. The van der Waals surface area contributed by atoms with Crippen molar-refractivity contribution in [1.29, 1.82) is 0 Å². The average molecular weight is 370 g/mol. The molecule has 0 radical (unpaired) electrons. The first-order chi connectivity index (χ1) is 13.8. The van der Waals surface area contributed by atoms with Gasteiger partial charge in [-0.15, -0.1) is 0 Å². The van der Waals surface area contributed by atoms with Crippen molar-refractivity contribution in [3.63, 3.8) is 0 Å². The number of rotatable bonds is 8. The molecule has 2 nitrogen and oxygen atoms in total. The molecule has 0 spiro atoms. The van der Waals surface area contributed by atoms with Gasteiger partial charge in [-0.1, -0.05) is 91.9 Å². The fourth-order valence-corrected chi connectivity index (χ4v) is 3.33. The zero-order valence-corrected chi connectivity index (χ0v) is 16.3. The molecule has 0 heterocycles. The Morgan fingerprint density at radius 3 is 1.96 bits per heavy atom. The maximum atomic E-state index is 12.2. The van der Waals surface area contributed by atoms with E-state index >= 15 is 0 Å². The van der Waals surface area contributed by atoms with Crippen LogP contribution in [0.15, 0.2) is 91.0 Å². The molecule has 0 bridgehead atoms. The summed E-state index contributed by atoms with van der Waals surface area (Å²) in [6.07, 6.45) is 5.36. The third-order valence-corrected chi connectivity index (χ3v) is 4.95. The second kappa shape index (κ2) is 10.3. The topological polar surface area (TPSA) is 29.1 Å². The van der Waals surface area contributed by atoms with E-state index in [-0.39, 0.29) is 11.8 Å². The normalized spacial score (nSPS) is 11.1. The summed E-state index contributed by atoms with van der Waals surface area (Å²) in [5.74, 6) is 0.215. The smallest absolute Gasteiger partial charge is 0.243 e. The largest absolute Gasteiger partial charge is 0.353 e. The molecule has 0 fully saturated rings. The third-order valence-electron chi connectivity index (χ3n) is 4.95. The van der Waals surface area contributed by atoms with Crippen LogP contribution in [0.25, 0.3) is 6.08 Å². The molecule has 0 unspecified atom stereocenters. The van der Waals surface area contributed by atoms with Gasteiger partial charge >= 0.3 is 0 Å². The Morgan fingerprint density at radius 1 is 0.857 bits per heavy atom. The molecule has 0 aromatic heterocycles. The van der Waals surface area contributed by atoms with Crippen LogP contribution in [-0.4, -0.2) is 12.5 Å². The Labute approximate surface area is 167 Å². The highest BCUT2D eigenvalue weighted by molar-refractivity contribution is 5.91. The Hall–Kier alpha value is -3.13. The fraction of sp³-hybridized carbons (Fsp3) is 0.192. The summed E-state index contributed by atoms with van der Waals surface area (Å²) in [6.45, 7) is 2.77. The van der Waals surface area contributed by atoms with Gasteiger partial charge in [0.1, 0.15) is 0 Å². The maximum absolute atomic E-state index is 12.2. The van der Waals surface area contributed by atoms with E-state index in [2.05, 4.69) is 72.9 Å². The van der Waals surface area contributed by atoms with Crippen LogP contribution in [0, 0.1) is 0 Å². The van der Waals surface area contributed by atoms with Gasteiger partial charge in [-0.25, -0.2) is 0 Å². The monoisotopic (exact) mass is 369 g/mol. The number of benzene rings is 3. The molecule has 0 aliphatic carbocycles. The van der Waals surface area contributed by atoms with Crippen molar-refractivity contribution in [3.8, 4) is 0 Å². The molecular weight excluding hydrogens is 342 g/mol. The Bertz CT molecular complexity index is 843. The maximum Gasteiger partial charge on any atom is 0.243 e. The number of hydrogen-bond donors (Lipinski definition) is 1. The second-order valence-electron chi connectivity index (χ2n) is 6.88. The summed E-state index contributed by atoms with van der Waals surface area (Å²) in [7, 11) is 0. The van der Waals surface area contributed by atoms with Crippen molar-refractivity contribution in [2.75, 3.05) is 6.54 Å². The van der Waals surface area contributed by atoms with E-state index in [0.717, 1.165) is 18.4 Å². The Balaban J connectivity index is 1.57. The third kappa shape index (κ3) is 5.68. The van der Waals surface area contributed by atoms with Crippen LogP contribution in [0.1, 0.15) is 41.5 Å². The lowest BCUT2D eigenvalue weighted by Crippen LogP contribution is -2.23. The van der Waals surface area contributed by atoms with Gasteiger partial charge in [-0.3, -0.25) is 4.79 Å². The van der Waals surface area contributed by atoms with Gasteiger partial charge in [0.25, 0.3) is 0 Å². The summed E-state index contributed by atoms with van der Waals surface area (Å²) < 4.78 is 0. The molecule has 3 aromatic rings. The standard InChI is InChI=1S/C26H27NO/c1-2-21-13-15-22(16-14-21)17-18-26(28)27-20-19-25(23-9-5-3-6-10-23)24-11-7-4-8-12-24/h3-18,25H,2,19-20H2,1H3,(H,27,28)/b18-17+. The number of carbonyl (C=O) groups excluding carboxylic acids is 1. The van der Waals surface area contributed by atoms with Crippen molar-refractivity contribution >= 4 is 12.0 Å². The van der Waals surface area contributed by atoms with Crippen molar-refractivity contribution in [1.82, 2.24) is 5.32 Å². The molecule has 0 atom stereocenters. The number of amides is 1. The highest BCUT2D eigenvalue weighted by atomic mass is 16.1. The van der Waals surface area contributed by atoms with Crippen LogP contribution >= 0.6 is 0 Å². The van der Waals surface area contributed by atoms with E-state index in [1.165, 1.54) is 16.7 Å². The zero-order chi connectivity index (χ0) is 19.6. The van der Waals surface area contributed by atoms with E-state index in [1.54, 1.807) is 6.08 Å². The Morgan fingerprint density at radius 2 is 1.43 bits per heavy atom. The van der Waals surface area contributed by atoms with E-state index in [0.29, 0.717) is 6.54 Å². The molecule has 1 amide bonds. The van der Waals surface area contributed by atoms with Gasteiger partial charge < -0.3 is 5.32 Å². The van der Waals surface area contributed by atoms with Crippen LogP contribution in [0.2, 0.25) is 0 Å². The van der Waals surface area contributed by atoms with E-state index < -0.39 is 0 Å². The van der Waals surface area contributed by atoms with Crippen LogP contribution < -0.4 is 5.32 Å². The highest BCUT2D eigenvalue weighted by Crippen LogP contribution is 2.27. The van der Waals surface area contributed by atoms with Gasteiger partial charge in [0.2, 0.25) is 5.91 Å². The lowest BCUT2D eigenvalue weighted by Gasteiger charge is -2.18. The molecule has 142 valence electrons. The van der Waals surface area contributed by atoms with Crippen molar-refractivity contribution in [3.05, 3.63) is 113 Å². The van der Waals surface area contributed by atoms with Gasteiger partial charge in [0.15, 0.2) is 0 Å². The first kappa shape index (κ1) is 19.6. The summed E-state index contributed by atoms with van der Waals surface area (Å²) >= 11 is 0. The van der Waals surface area contributed by atoms with Crippen molar-refractivity contribution in [2.45, 2.75) is 25.7 Å². The molecule has 1 N–H and O–H groups in total. The number of carbonyl (C=O) groups is 1. The second-order valence-corrected chi connectivity index (χ2v) is 6.88. The molecule has 2 heteroatoms.